The lowest BCUT2D eigenvalue weighted by molar-refractivity contribution is 0.243. The van der Waals surface area contributed by atoms with Gasteiger partial charge in [0.1, 0.15) is 0 Å². The lowest BCUT2D eigenvalue weighted by Gasteiger charge is -2.26. The van der Waals surface area contributed by atoms with Crippen LogP contribution in [0.1, 0.15) is 26.2 Å². The van der Waals surface area contributed by atoms with Gasteiger partial charge < -0.3 is 13.6 Å². The zero-order chi connectivity index (χ0) is 10.8. The number of hydrogen-bond acceptors (Lipinski definition) is 3. The van der Waals surface area contributed by atoms with E-state index in [-0.39, 0.29) is 0 Å². The Morgan fingerprint density at radius 1 is 1.27 bits per heavy atom. The van der Waals surface area contributed by atoms with Gasteiger partial charge in [-0.15, -0.1) is 0 Å². The van der Waals surface area contributed by atoms with E-state index in [0.29, 0.717) is 18.1 Å². The van der Waals surface area contributed by atoms with E-state index in [4.69, 9.17) is 13.6 Å². The molecule has 1 aliphatic heterocycles. The average Bonchev–Trinajstić information content (AvgIpc) is 3.03. The van der Waals surface area contributed by atoms with Crippen LogP contribution in [0.25, 0.3) is 0 Å². The van der Waals surface area contributed by atoms with Gasteiger partial charge >= 0.3 is 9.28 Å². The molecule has 4 unspecified atom stereocenters. The summed E-state index contributed by atoms with van der Waals surface area (Å²) >= 11 is 0. The first-order valence-electron chi connectivity index (χ1n) is 5.83. The van der Waals surface area contributed by atoms with Crippen LogP contribution in [0.5, 0.6) is 0 Å². The van der Waals surface area contributed by atoms with Crippen LogP contribution in [0.15, 0.2) is 0 Å². The summed E-state index contributed by atoms with van der Waals surface area (Å²) in [4.78, 5) is 0. The highest BCUT2D eigenvalue weighted by atomic mass is 28.3. The summed E-state index contributed by atoms with van der Waals surface area (Å²) < 4.78 is 16.3. The minimum absolute atomic E-state index is 0.590. The summed E-state index contributed by atoms with van der Waals surface area (Å²) in [5, 5.41) is 0. The zero-order valence-corrected chi connectivity index (χ0v) is 10.9. The SMILES string of the molecule is CO[Si](CC(C)C1CCC2OC2C1)OC. The third kappa shape index (κ3) is 2.81. The highest BCUT2D eigenvalue weighted by molar-refractivity contribution is 6.44. The Labute approximate surface area is 93.9 Å². The highest BCUT2D eigenvalue weighted by Gasteiger charge is 2.45. The number of epoxide rings is 1. The van der Waals surface area contributed by atoms with E-state index >= 15 is 0 Å². The molecule has 0 aromatic carbocycles. The molecule has 1 heterocycles. The van der Waals surface area contributed by atoms with E-state index in [1.165, 1.54) is 19.3 Å². The molecule has 0 amide bonds. The van der Waals surface area contributed by atoms with Gasteiger partial charge in [-0.05, 0) is 37.1 Å². The molecule has 15 heavy (non-hydrogen) atoms. The number of hydrogen-bond donors (Lipinski definition) is 0. The Kier molecular flexibility index (Phi) is 3.82. The van der Waals surface area contributed by atoms with E-state index in [1.807, 2.05) is 0 Å². The lowest BCUT2D eigenvalue weighted by Crippen LogP contribution is -2.27. The monoisotopic (exact) mass is 229 g/mol. The maximum absolute atomic E-state index is 5.56. The summed E-state index contributed by atoms with van der Waals surface area (Å²) in [6.45, 7) is 2.33. The first-order chi connectivity index (χ1) is 7.24. The van der Waals surface area contributed by atoms with Crippen LogP contribution in [0.3, 0.4) is 0 Å². The minimum atomic E-state index is -1.02. The summed E-state index contributed by atoms with van der Waals surface area (Å²) in [5.74, 6) is 1.53. The molecule has 1 saturated carbocycles. The van der Waals surface area contributed by atoms with Gasteiger partial charge in [0.2, 0.25) is 0 Å². The second-order valence-corrected chi connectivity index (χ2v) is 6.72. The molecule has 0 bridgehead atoms. The predicted octanol–water partition coefficient (Wildman–Crippen LogP) is 1.97. The highest BCUT2D eigenvalue weighted by Crippen LogP contribution is 2.43. The van der Waals surface area contributed by atoms with Gasteiger partial charge in [-0.25, -0.2) is 0 Å². The number of fused-ring (bicyclic) bond motifs is 1. The first-order valence-corrected chi connectivity index (χ1v) is 7.36. The smallest absolute Gasteiger partial charge is 0.384 e. The van der Waals surface area contributed by atoms with Crippen molar-refractivity contribution in [1.82, 2.24) is 0 Å². The summed E-state index contributed by atoms with van der Waals surface area (Å²) in [6, 6.07) is 1.10. The molecule has 0 spiro atoms. The van der Waals surface area contributed by atoms with Gasteiger partial charge in [-0.2, -0.15) is 0 Å². The maximum Gasteiger partial charge on any atom is 0.384 e. The minimum Gasteiger partial charge on any atom is -0.397 e. The zero-order valence-electron chi connectivity index (χ0n) is 9.86. The topological polar surface area (TPSA) is 31.0 Å². The fourth-order valence-corrected chi connectivity index (χ4v) is 3.99. The largest absolute Gasteiger partial charge is 0.397 e. The van der Waals surface area contributed by atoms with E-state index in [0.717, 1.165) is 12.0 Å². The van der Waals surface area contributed by atoms with Gasteiger partial charge in [0, 0.05) is 14.2 Å². The van der Waals surface area contributed by atoms with Crippen LogP contribution in [-0.2, 0) is 13.6 Å². The summed E-state index contributed by atoms with van der Waals surface area (Å²) in [6.07, 6.45) is 5.05. The molecule has 0 aromatic rings. The molecule has 2 fully saturated rings. The second kappa shape index (κ2) is 4.95. The van der Waals surface area contributed by atoms with Crippen molar-refractivity contribution in [3.63, 3.8) is 0 Å². The molecule has 1 aliphatic carbocycles. The van der Waals surface area contributed by atoms with Crippen LogP contribution in [0.4, 0.5) is 0 Å². The Bertz CT molecular complexity index is 208. The molecular formula is C11H21O3Si. The fourth-order valence-electron chi connectivity index (χ4n) is 2.63. The van der Waals surface area contributed by atoms with E-state index in [2.05, 4.69) is 6.92 Å². The van der Waals surface area contributed by atoms with Gasteiger partial charge in [0.25, 0.3) is 0 Å². The predicted molar refractivity (Wildman–Crippen MR) is 59.7 cm³/mol. The number of rotatable bonds is 5. The van der Waals surface area contributed by atoms with Crippen molar-refractivity contribution >= 4 is 9.28 Å². The Balaban J connectivity index is 1.76. The van der Waals surface area contributed by atoms with Crippen molar-refractivity contribution in [3.8, 4) is 0 Å². The summed E-state index contributed by atoms with van der Waals surface area (Å²) in [5.41, 5.74) is 0. The number of ether oxygens (including phenoxy) is 1. The van der Waals surface area contributed by atoms with Crippen LogP contribution >= 0.6 is 0 Å². The molecule has 1 radical (unpaired) electrons. The molecule has 3 nitrogen and oxygen atoms in total. The van der Waals surface area contributed by atoms with E-state index < -0.39 is 9.28 Å². The van der Waals surface area contributed by atoms with E-state index in [1.54, 1.807) is 14.2 Å². The lowest BCUT2D eigenvalue weighted by atomic mass is 9.82. The molecule has 2 rings (SSSR count). The van der Waals surface area contributed by atoms with Crippen molar-refractivity contribution in [2.24, 2.45) is 11.8 Å². The van der Waals surface area contributed by atoms with Crippen molar-refractivity contribution in [1.29, 1.82) is 0 Å². The van der Waals surface area contributed by atoms with Gasteiger partial charge in [-0.3, -0.25) is 0 Å². The molecule has 87 valence electrons. The molecule has 4 heteroatoms. The Morgan fingerprint density at radius 2 is 2.00 bits per heavy atom. The third-order valence-electron chi connectivity index (χ3n) is 3.79. The average molecular weight is 229 g/mol. The molecule has 2 aliphatic rings. The quantitative estimate of drug-likeness (QED) is 0.533. The third-order valence-corrected chi connectivity index (χ3v) is 5.68. The first kappa shape index (κ1) is 11.6. The van der Waals surface area contributed by atoms with Gasteiger partial charge in [0.05, 0.1) is 12.2 Å². The molecule has 4 atom stereocenters. The van der Waals surface area contributed by atoms with Gasteiger partial charge in [0.15, 0.2) is 0 Å². The molecule has 1 saturated heterocycles. The summed E-state index contributed by atoms with van der Waals surface area (Å²) in [7, 11) is 2.50. The molecule has 0 N–H and O–H groups in total. The van der Waals surface area contributed by atoms with Crippen LogP contribution in [0, 0.1) is 11.8 Å². The maximum atomic E-state index is 5.56. The normalized spacial score (nSPS) is 36.4. The fraction of sp³-hybridized carbons (Fsp3) is 1.00. The van der Waals surface area contributed by atoms with Crippen molar-refractivity contribution in [2.75, 3.05) is 14.2 Å². The second-order valence-electron chi connectivity index (χ2n) is 4.75. The molecule has 0 aromatic heterocycles. The Morgan fingerprint density at radius 3 is 2.60 bits per heavy atom. The van der Waals surface area contributed by atoms with Crippen molar-refractivity contribution < 1.29 is 13.6 Å². The Hall–Kier alpha value is 0.0969. The standard InChI is InChI=1S/C11H21O3Si/c1-8(7-15(12-2)13-3)9-4-5-10-11(6-9)14-10/h8-11H,4-7H2,1-3H3. The van der Waals surface area contributed by atoms with Crippen molar-refractivity contribution in [3.05, 3.63) is 0 Å². The van der Waals surface area contributed by atoms with Crippen LogP contribution in [0.2, 0.25) is 6.04 Å². The van der Waals surface area contributed by atoms with E-state index in [9.17, 15) is 0 Å². The van der Waals surface area contributed by atoms with Crippen molar-refractivity contribution in [2.45, 2.75) is 44.4 Å². The van der Waals surface area contributed by atoms with Gasteiger partial charge in [-0.1, -0.05) is 6.92 Å². The van der Waals surface area contributed by atoms with Crippen LogP contribution in [-0.4, -0.2) is 35.7 Å². The van der Waals surface area contributed by atoms with Crippen LogP contribution < -0.4 is 0 Å². The molecular weight excluding hydrogens is 208 g/mol.